The zero-order valence-corrected chi connectivity index (χ0v) is 11.4. The van der Waals surface area contributed by atoms with Gasteiger partial charge < -0.3 is 9.64 Å². The number of esters is 1. The predicted octanol–water partition coefficient (Wildman–Crippen LogP) is 2.85. The van der Waals surface area contributed by atoms with Crippen molar-refractivity contribution in [3.8, 4) is 0 Å². The van der Waals surface area contributed by atoms with E-state index in [0.29, 0.717) is 6.54 Å². The molecule has 0 saturated carbocycles. The molecule has 0 radical (unpaired) electrons. The van der Waals surface area contributed by atoms with Crippen molar-refractivity contribution in [2.45, 2.75) is 20.8 Å². The van der Waals surface area contributed by atoms with Gasteiger partial charge in [0.1, 0.15) is 5.82 Å². The molecule has 0 spiro atoms. The Labute approximate surface area is 108 Å². The van der Waals surface area contributed by atoms with Crippen molar-refractivity contribution < 1.29 is 13.9 Å². The van der Waals surface area contributed by atoms with E-state index in [2.05, 4.69) is 0 Å². The number of nitrogens with zero attached hydrogens (tertiary/aromatic N) is 1. The zero-order valence-electron chi connectivity index (χ0n) is 11.4. The van der Waals surface area contributed by atoms with Crippen LogP contribution in [-0.2, 0) is 9.53 Å². The number of carbonyl (C=O) groups is 1. The molecule has 1 aromatic carbocycles. The molecule has 4 heteroatoms. The highest BCUT2D eigenvalue weighted by Gasteiger charge is 2.30. The van der Waals surface area contributed by atoms with E-state index >= 15 is 0 Å². The van der Waals surface area contributed by atoms with Crippen LogP contribution in [0.5, 0.6) is 0 Å². The number of halogens is 1. The second-order valence-electron chi connectivity index (χ2n) is 4.87. The van der Waals surface area contributed by atoms with Crippen LogP contribution in [0.4, 0.5) is 10.1 Å². The molecule has 0 heterocycles. The monoisotopic (exact) mass is 253 g/mol. The molecule has 18 heavy (non-hydrogen) atoms. The van der Waals surface area contributed by atoms with Gasteiger partial charge in [0.05, 0.1) is 12.5 Å². The highest BCUT2D eigenvalue weighted by molar-refractivity contribution is 5.76. The smallest absolute Gasteiger partial charge is 0.313 e. The first-order valence-electron chi connectivity index (χ1n) is 5.99. The fourth-order valence-corrected chi connectivity index (χ4v) is 1.86. The van der Waals surface area contributed by atoms with Crippen LogP contribution in [0.1, 0.15) is 20.8 Å². The summed E-state index contributed by atoms with van der Waals surface area (Å²) in [4.78, 5) is 13.7. The van der Waals surface area contributed by atoms with E-state index in [9.17, 15) is 9.18 Å². The zero-order chi connectivity index (χ0) is 13.8. The highest BCUT2D eigenvalue weighted by Crippen LogP contribution is 2.23. The van der Waals surface area contributed by atoms with E-state index in [1.807, 2.05) is 25.7 Å². The average molecular weight is 253 g/mol. The topological polar surface area (TPSA) is 29.5 Å². The van der Waals surface area contributed by atoms with Crippen molar-refractivity contribution in [2.75, 3.05) is 25.1 Å². The molecule has 3 nitrogen and oxygen atoms in total. The molecular weight excluding hydrogens is 233 g/mol. The largest absolute Gasteiger partial charge is 0.469 e. The third-order valence-electron chi connectivity index (χ3n) is 2.90. The summed E-state index contributed by atoms with van der Waals surface area (Å²) >= 11 is 0. The fraction of sp³-hybridized carbons (Fsp3) is 0.500. The Morgan fingerprint density at radius 1 is 1.33 bits per heavy atom. The summed E-state index contributed by atoms with van der Waals surface area (Å²) in [6.45, 7) is 6.95. The van der Waals surface area contributed by atoms with Crippen molar-refractivity contribution >= 4 is 11.7 Å². The van der Waals surface area contributed by atoms with Gasteiger partial charge in [-0.2, -0.15) is 0 Å². The number of ether oxygens (including phenoxy) is 1. The Kier molecular flexibility index (Phi) is 4.70. The average Bonchev–Trinajstić information content (AvgIpc) is 2.36. The van der Waals surface area contributed by atoms with Gasteiger partial charge in [0.2, 0.25) is 0 Å². The van der Waals surface area contributed by atoms with E-state index in [-0.39, 0.29) is 11.8 Å². The minimum absolute atomic E-state index is 0.247. The molecule has 100 valence electrons. The molecule has 0 aliphatic heterocycles. The van der Waals surface area contributed by atoms with Gasteiger partial charge in [-0.1, -0.05) is 0 Å². The first kappa shape index (κ1) is 14.5. The number of hydrogen-bond acceptors (Lipinski definition) is 3. The van der Waals surface area contributed by atoms with Crippen LogP contribution in [0.3, 0.4) is 0 Å². The maximum Gasteiger partial charge on any atom is 0.313 e. The number of hydrogen-bond donors (Lipinski definition) is 0. The van der Waals surface area contributed by atoms with Crippen molar-refractivity contribution in [3.63, 3.8) is 0 Å². The normalized spacial score (nSPS) is 11.2. The lowest BCUT2D eigenvalue weighted by Crippen LogP contribution is -2.40. The molecule has 1 aromatic rings. The Hall–Kier alpha value is -1.58. The summed E-state index contributed by atoms with van der Waals surface area (Å²) in [5.74, 6) is -0.509. The lowest BCUT2D eigenvalue weighted by Gasteiger charge is -2.31. The van der Waals surface area contributed by atoms with Crippen LogP contribution in [0.15, 0.2) is 24.3 Å². The van der Waals surface area contributed by atoms with Crippen LogP contribution in [0.2, 0.25) is 0 Å². The third kappa shape index (κ3) is 3.45. The number of anilines is 1. The minimum Gasteiger partial charge on any atom is -0.469 e. The van der Waals surface area contributed by atoms with Gasteiger partial charge in [0.15, 0.2) is 0 Å². The number of methoxy groups -OCH3 is 1. The predicted molar refractivity (Wildman–Crippen MR) is 70.1 cm³/mol. The molecule has 0 saturated heterocycles. The second kappa shape index (κ2) is 5.85. The van der Waals surface area contributed by atoms with Crippen molar-refractivity contribution in [1.82, 2.24) is 0 Å². The van der Waals surface area contributed by atoms with Crippen LogP contribution in [-0.4, -0.2) is 26.2 Å². The molecule has 0 bridgehead atoms. The maximum atomic E-state index is 12.9. The minimum atomic E-state index is -0.598. The lowest BCUT2D eigenvalue weighted by molar-refractivity contribution is -0.150. The van der Waals surface area contributed by atoms with E-state index in [0.717, 1.165) is 12.2 Å². The fourth-order valence-electron chi connectivity index (χ4n) is 1.86. The highest BCUT2D eigenvalue weighted by atomic mass is 19.1. The Balaban J connectivity index is 2.85. The summed E-state index contributed by atoms with van der Waals surface area (Å²) in [5, 5.41) is 0. The van der Waals surface area contributed by atoms with Gasteiger partial charge in [-0.25, -0.2) is 4.39 Å². The number of rotatable bonds is 5. The van der Waals surface area contributed by atoms with Gasteiger partial charge in [0, 0.05) is 18.8 Å². The van der Waals surface area contributed by atoms with E-state index in [1.54, 1.807) is 12.1 Å². The summed E-state index contributed by atoms with van der Waals surface area (Å²) in [5.41, 5.74) is 0.301. The van der Waals surface area contributed by atoms with Gasteiger partial charge in [-0.3, -0.25) is 4.79 Å². The molecule has 0 atom stereocenters. The van der Waals surface area contributed by atoms with Crippen molar-refractivity contribution in [2.24, 2.45) is 5.41 Å². The Morgan fingerprint density at radius 3 is 2.33 bits per heavy atom. The molecule has 0 N–H and O–H groups in total. The maximum absolute atomic E-state index is 12.9. The SMILES string of the molecule is CCN(CC(C)(C)C(=O)OC)c1ccc(F)cc1. The quantitative estimate of drug-likeness (QED) is 0.756. The molecule has 1 rings (SSSR count). The van der Waals surface area contributed by atoms with Crippen LogP contribution >= 0.6 is 0 Å². The summed E-state index contributed by atoms with van der Waals surface area (Å²) < 4.78 is 17.7. The third-order valence-corrected chi connectivity index (χ3v) is 2.90. The van der Waals surface area contributed by atoms with E-state index < -0.39 is 5.41 Å². The van der Waals surface area contributed by atoms with Gasteiger partial charge >= 0.3 is 5.97 Å². The standard InChI is InChI=1S/C14H20FNO2/c1-5-16(10-14(2,3)13(17)18-4)12-8-6-11(15)7-9-12/h6-9H,5,10H2,1-4H3. The number of carbonyl (C=O) groups excluding carboxylic acids is 1. The molecule has 0 fully saturated rings. The molecule has 0 aliphatic rings. The van der Waals surface area contributed by atoms with E-state index in [1.165, 1.54) is 19.2 Å². The summed E-state index contributed by atoms with van der Waals surface area (Å²) in [6.07, 6.45) is 0. The first-order chi connectivity index (χ1) is 8.40. The van der Waals surface area contributed by atoms with Gasteiger partial charge in [-0.15, -0.1) is 0 Å². The van der Waals surface area contributed by atoms with Gasteiger partial charge in [0.25, 0.3) is 0 Å². The second-order valence-corrected chi connectivity index (χ2v) is 4.87. The van der Waals surface area contributed by atoms with E-state index in [4.69, 9.17) is 4.74 Å². The van der Waals surface area contributed by atoms with Crippen molar-refractivity contribution in [1.29, 1.82) is 0 Å². The molecular formula is C14H20FNO2. The number of benzene rings is 1. The van der Waals surface area contributed by atoms with Crippen molar-refractivity contribution in [3.05, 3.63) is 30.1 Å². The summed E-state index contributed by atoms with van der Waals surface area (Å²) in [7, 11) is 1.39. The molecule has 0 unspecified atom stereocenters. The summed E-state index contributed by atoms with van der Waals surface area (Å²) in [6, 6.07) is 6.27. The van der Waals surface area contributed by atoms with Crippen LogP contribution in [0, 0.1) is 11.2 Å². The van der Waals surface area contributed by atoms with Gasteiger partial charge in [-0.05, 0) is 45.0 Å². The molecule has 0 amide bonds. The Morgan fingerprint density at radius 2 is 1.89 bits per heavy atom. The Bertz CT molecular complexity index is 401. The molecule has 0 aliphatic carbocycles. The van der Waals surface area contributed by atoms with Crippen LogP contribution in [0.25, 0.3) is 0 Å². The lowest BCUT2D eigenvalue weighted by atomic mass is 9.92. The molecule has 0 aromatic heterocycles. The first-order valence-corrected chi connectivity index (χ1v) is 5.99. The van der Waals surface area contributed by atoms with Crippen LogP contribution < -0.4 is 4.90 Å².